The van der Waals surface area contributed by atoms with E-state index in [4.69, 9.17) is 26.8 Å². The lowest BCUT2D eigenvalue weighted by atomic mass is 9.93. The van der Waals surface area contributed by atoms with Gasteiger partial charge in [-0.15, -0.1) is 0 Å². The molecule has 15 heavy (non-hydrogen) atoms. The molecule has 0 amide bonds. The zero-order valence-corrected chi connectivity index (χ0v) is 9.09. The predicted molar refractivity (Wildman–Crippen MR) is 53.9 cm³/mol. The van der Waals surface area contributed by atoms with Gasteiger partial charge in [-0.3, -0.25) is 0 Å². The second-order valence-electron chi connectivity index (χ2n) is 3.41. The molecule has 86 valence electrons. The maximum Gasteiger partial charge on any atom is 0.112 e. The lowest BCUT2D eigenvalue weighted by Gasteiger charge is -2.18. The highest BCUT2D eigenvalue weighted by molar-refractivity contribution is 6.11. The van der Waals surface area contributed by atoms with Gasteiger partial charge in [0.1, 0.15) is 26.2 Å². The van der Waals surface area contributed by atoms with E-state index >= 15 is 0 Å². The van der Waals surface area contributed by atoms with Gasteiger partial charge in [-0.25, -0.2) is 0 Å². The molecule has 0 saturated carbocycles. The highest BCUT2D eigenvalue weighted by Gasteiger charge is 2.41. The number of aliphatic hydroxyl groups is 1. The van der Waals surface area contributed by atoms with Crippen LogP contribution in [-0.4, -0.2) is 71.3 Å². The lowest BCUT2D eigenvalue weighted by molar-refractivity contribution is -0.0440. The summed E-state index contributed by atoms with van der Waals surface area (Å²) in [4.78, 5) is 0. The average molecular weight is 216 g/mol. The summed E-state index contributed by atoms with van der Waals surface area (Å²) in [5, 5.41) is 9.80. The van der Waals surface area contributed by atoms with E-state index in [0.29, 0.717) is 19.8 Å². The maximum atomic E-state index is 9.80. The molecule has 0 spiro atoms. The van der Waals surface area contributed by atoms with Crippen molar-refractivity contribution in [3.63, 3.8) is 0 Å². The molecule has 4 unspecified atom stereocenters. The number of hydrogen-bond donors (Lipinski definition) is 1. The van der Waals surface area contributed by atoms with Crippen molar-refractivity contribution in [3.8, 4) is 0 Å². The number of hydrogen-bond acceptors (Lipinski definition) is 5. The highest BCUT2D eigenvalue weighted by Crippen LogP contribution is 2.22. The number of rotatable bonds is 6. The Bertz CT molecular complexity index is 180. The Morgan fingerprint density at radius 1 is 1.27 bits per heavy atom. The molecule has 1 N–H and O–H groups in total. The van der Waals surface area contributed by atoms with E-state index in [1.165, 1.54) is 0 Å². The van der Waals surface area contributed by atoms with Crippen LogP contribution in [0.15, 0.2) is 0 Å². The Labute approximate surface area is 91.1 Å². The SMILES string of the molecule is [B]C1OC(COC)C(O)C1OCCOC. The summed E-state index contributed by atoms with van der Waals surface area (Å²) in [5.41, 5.74) is 0. The van der Waals surface area contributed by atoms with E-state index in [9.17, 15) is 5.11 Å². The summed E-state index contributed by atoms with van der Waals surface area (Å²) in [6.07, 6.45) is -1.69. The minimum Gasteiger partial charge on any atom is -0.388 e. The number of aliphatic hydroxyl groups excluding tert-OH is 1. The summed E-state index contributed by atoms with van der Waals surface area (Å²) in [6.45, 7) is 1.15. The van der Waals surface area contributed by atoms with Crippen LogP contribution in [0.3, 0.4) is 0 Å². The second-order valence-corrected chi connectivity index (χ2v) is 3.41. The van der Waals surface area contributed by atoms with E-state index in [2.05, 4.69) is 0 Å². The van der Waals surface area contributed by atoms with Crippen LogP contribution in [0.25, 0.3) is 0 Å². The van der Waals surface area contributed by atoms with Crippen LogP contribution in [0.1, 0.15) is 0 Å². The normalized spacial score (nSPS) is 35.9. The van der Waals surface area contributed by atoms with Gasteiger partial charge in [0.15, 0.2) is 0 Å². The fraction of sp³-hybridized carbons (Fsp3) is 1.00. The molecule has 1 rings (SSSR count). The topological polar surface area (TPSA) is 57.2 Å². The smallest absolute Gasteiger partial charge is 0.112 e. The van der Waals surface area contributed by atoms with Gasteiger partial charge in [0.05, 0.1) is 19.8 Å². The molecule has 0 aromatic carbocycles. The van der Waals surface area contributed by atoms with E-state index in [-0.39, 0.29) is 0 Å². The van der Waals surface area contributed by atoms with Crippen LogP contribution in [0.2, 0.25) is 0 Å². The fourth-order valence-corrected chi connectivity index (χ4v) is 1.53. The summed E-state index contributed by atoms with van der Waals surface area (Å²) in [7, 11) is 8.79. The van der Waals surface area contributed by atoms with Crippen molar-refractivity contribution in [2.45, 2.75) is 24.3 Å². The molecule has 0 bridgehead atoms. The molecule has 6 heteroatoms. The lowest BCUT2D eigenvalue weighted by Crippen LogP contribution is -2.37. The standard InChI is InChI=1S/C9H17BO5/c1-12-3-4-14-8-7(11)6(5-13-2)15-9(8)10/h6-9,11H,3-5H2,1-2H3. The third-order valence-electron chi connectivity index (χ3n) is 2.30. The van der Waals surface area contributed by atoms with Crippen molar-refractivity contribution in [1.29, 1.82) is 0 Å². The van der Waals surface area contributed by atoms with Crippen molar-refractivity contribution in [1.82, 2.24) is 0 Å². The Hall–Kier alpha value is -0.135. The summed E-state index contributed by atoms with van der Waals surface area (Å²) < 4.78 is 20.4. The van der Waals surface area contributed by atoms with Crippen molar-refractivity contribution < 1.29 is 24.1 Å². The first-order valence-corrected chi connectivity index (χ1v) is 4.89. The van der Waals surface area contributed by atoms with Gasteiger partial charge in [-0.1, -0.05) is 0 Å². The van der Waals surface area contributed by atoms with E-state index in [1.54, 1.807) is 14.2 Å². The minimum atomic E-state index is -0.753. The van der Waals surface area contributed by atoms with Crippen LogP contribution in [0, 0.1) is 0 Å². The Morgan fingerprint density at radius 2 is 2.00 bits per heavy atom. The molecule has 4 atom stereocenters. The van der Waals surface area contributed by atoms with E-state index in [0.717, 1.165) is 0 Å². The summed E-state index contributed by atoms with van der Waals surface area (Å²) >= 11 is 0. The van der Waals surface area contributed by atoms with E-state index < -0.39 is 24.3 Å². The van der Waals surface area contributed by atoms with Crippen LogP contribution < -0.4 is 0 Å². The van der Waals surface area contributed by atoms with Crippen molar-refractivity contribution in [3.05, 3.63) is 0 Å². The molecule has 1 aliphatic heterocycles. The quantitative estimate of drug-likeness (QED) is 0.452. The predicted octanol–water partition coefficient (Wildman–Crippen LogP) is -1.08. The Morgan fingerprint density at radius 3 is 2.60 bits per heavy atom. The van der Waals surface area contributed by atoms with Gasteiger partial charge < -0.3 is 24.1 Å². The van der Waals surface area contributed by atoms with Crippen LogP contribution in [0.4, 0.5) is 0 Å². The molecule has 1 fully saturated rings. The Kier molecular flexibility index (Phi) is 5.56. The Balaban J connectivity index is 2.36. The molecule has 1 saturated heterocycles. The fourth-order valence-electron chi connectivity index (χ4n) is 1.53. The van der Waals surface area contributed by atoms with Crippen molar-refractivity contribution >= 4 is 7.85 Å². The largest absolute Gasteiger partial charge is 0.388 e. The molecule has 5 nitrogen and oxygen atoms in total. The average Bonchev–Trinajstić information content (AvgIpc) is 2.46. The van der Waals surface area contributed by atoms with E-state index in [1.807, 2.05) is 0 Å². The number of methoxy groups -OCH3 is 2. The summed E-state index contributed by atoms with van der Waals surface area (Å²) in [5.74, 6) is 0. The third-order valence-corrected chi connectivity index (χ3v) is 2.30. The first-order chi connectivity index (χ1) is 7.20. The molecular formula is C9H17BO5. The first-order valence-electron chi connectivity index (χ1n) is 4.89. The molecule has 1 heterocycles. The second kappa shape index (κ2) is 6.45. The zero-order valence-electron chi connectivity index (χ0n) is 9.09. The monoisotopic (exact) mass is 216 g/mol. The minimum absolute atomic E-state index is 0.305. The zero-order chi connectivity index (χ0) is 11.3. The molecular weight excluding hydrogens is 199 g/mol. The van der Waals surface area contributed by atoms with Gasteiger partial charge in [-0.2, -0.15) is 0 Å². The molecule has 0 aromatic heterocycles. The highest BCUT2D eigenvalue weighted by atomic mass is 16.6. The van der Waals surface area contributed by atoms with Crippen LogP contribution in [-0.2, 0) is 18.9 Å². The van der Waals surface area contributed by atoms with Gasteiger partial charge in [0, 0.05) is 20.2 Å². The molecule has 1 aliphatic rings. The summed E-state index contributed by atoms with van der Waals surface area (Å²) in [6, 6.07) is -0.614. The molecule has 0 aliphatic carbocycles. The van der Waals surface area contributed by atoms with Gasteiger partial charge >= 0.3 is 0 Å². The van der Waals surface area contributed by atoms with Gasteiger partial charge in [0.25, 0.3) is 0 Å². The van der Waals surface area contributed by atoms with Gasteiger partial charge in [0.2, 0.25) is 0 Å². The molecule has 0 aromatic rings. The number of ether oxygens (including phenoxy) is 4. The van der Waals surface area contributed by atoms with Crippen LogP contribution >= 0.6 is 0 Å². The van der Waals surface area contributed by atoms with Crippen LogP contribution in [0.5, 0.6) is 0 Å². The third kappa shape index (κ3) is 3.43. The first kappa shape index (κ1) is 12.9. The maximum absolute atomic E-state index is 9.80. The molecule has 2 radical (unpaired) electrons. The van der Waals surface area contributed by atoms with Crippen molar-refractivity contribution in [2.75, 3.05) is 34.0 Å². The van der Waals surface area contributed by atoms with Crippen molar-refractivity contribution in [2.24, 2.45) is 0 Å². The van der Waals surface area contributed by atoms with Gasteiger partial charge in [-0.05, 0) is 0 Å².